The summed E-state index contributed by atoms with van der Waals surface area (Å²) in [7, 11) is 0. The van der Waals surface area contributed by atoms with Crippen molar-refractivity contribution in [1.29, 1.82) is 0 Å². The van der Waals surface area contributed by atoms with Gasteiger partial charge >= 0.3 is 0 Å². The minimum absolute atomic E-state index is 0.136. The lowest BCUT2D eigenvalue weighted by Crippen LogP contribution is -2.29. The van der Waals surface area contributed by atoms with Gasteiger partial charge in [0.25, 0.3) is 0 Å². The van der Waals surface area contributed by atoms with Crippen molar-refractivity contribution in [3.05, 3.63) is 46.0 Å². The Morgan fingerprint density at radius 2 is 2.00 bits per heavy atom. The molecule has 0 fully saturated rings. The van der Waals surface area contributed by atoms with Crippen molar-refractivity contribution in [2.75, 3.05) is 13.1 Å². The van der Waals surface area contributed by atoms with E-state index in [9.17, 15) is 10.1 Å². The maximum atomic E-state index is 11.2. The maximum absolute atomic E-state index is 11.2. The van der Waals surface area contributed by atoms with Crippen LogP contribution >= 0.6 is 0 Å². The topological polar surface area (TPSA) is 55.2 Å². The Kier molecular flexibility index (Phi) is 7.11. The zero-order valence-electron chi connectivity index (χ0n) is 11.8. The van der Waals surface area contributed by atoms with E-state index in [0.29, 0.717) is 18.8 Å². The van der Waals surface area contributed by atoms with E-state index in [4.69, 9.17) is 0 Å². The lowest BCUT2D eigenvalue weighted by molar-refractivity contribution is -0.524. The van der Waals surface area contributed by atoms with Crippen LogP contribution in [0.2, 0.25) is 0 Å². The summed E-state index contributed by atoms with van der Waals surface area (Å²) in [6, 6.07) is 9.22. The number of nitrogens with zero attached hydrogens (tertiary/aromatic N) is 1. The van der Waals surface area contributed by atoms with Crippen LogP contribution in [0.4, 0.5) is 0 Å². The van der Waals surface area contributed by atoms with Crippen molar-refractivity contribution in [3.63, 3.8) is 0 Å². The lowest BCUT2D eigenvalue weighted by Gasteiger charge is -2.15. The fourth-order valence-corrected chi connectivity index (χ4v) is 2.20. The molecule has 0 aliphatic heterocycles. The highest BCUT2D eigenvalue weighted by molar-refractivity contribution is 5.15. The highest BCUT2D eigenvalue weighted by atomic mass is 16.6. The molecule has 106 valence electrons. The van der Waals surface area contributed by atoms with Crippen LogP contribution in [0.1, 0.15) is 32.3 Å². The second kappa shape index (κ2) is 8.64. The number of rotatable bonds is 9. The molecule has 0 spiro atoms. The molecule has 2 unspecified atom stereocenters. The van der Waals surface area contributed by atoms with Crippen molar-refractivity contribution in [3.8, 4) is 0 Å². The Hall–Kier alpha value is -1.42. The monoisotopic (exact) mass is 264 g/mol. The summed E-state index contributed by atoms with van der Waals surface area (Å²) in [5.41, 5.74) is 1.04. The molecular weight excluding hydrogens is 240 g/mol. The van der Waals surface area contributed by atoms with Crippen LogP contribution < -0.4 is 5.32 Å². The van der Waals surface area contributed by atoms with E-state index in [-0.39, 0.29) is 4.92 Å². The first-order valence-electron chi connectivity index (χ1n) is 7.01. The second-order valence-electron chi connectivity index (χ2n) is 5.17. The average Bonchev–Trinajstić information content (AvgIpc) is 2.39. The third-order valence-electron chi connectivity index (χ3n) is 3.21. The van der Waals surface area contributed by atoms with E-state index in [1.807, 2.05) is 30.3 Å². The Bertz CT molecular complexity index is 368. The van der Waals surface area contributed by atoms with Gasteiger partial charge in [0.05, 0.1) is 0 Å². The van der Waals surface area contributed by atoms with E-state index in [2.05, 4.69) is 19.2 Å². The normalized spacial score (nSPS) is 14.0. The van der Waals surface area contributed by atoms with E-state index in [1.54, 1.807) is 0 Å². The summed E-state index contributed by atoms with van der Waals surface area (Å²) in [5.74, 6) is 0.325. The van der Waals surface area contributed by atoms with Crippen LogP contribution in [0.25, 0.3) is 0 Å². The molecule has 0 heterocycles. The largest absolute Gasteiger partial charge is 0.316 e. The van der Waals surface area contributed by atoms with E-state index in [0.717, 1.165) is 25.1 Å². The summed E-state index contributed by atoms with van der Waals surface area (Å²) in [6.07, 6.45) is 2.24. The SMILES string of the molecule is CCCNCC(C)CC(Cc1ccccc1)[N+](=O)[O-]. The molecule has 0 bridgehead atoms. The molecule has 1 aromatic carbocycles. The molecule has 0 aliphatic rings. The van der Waals surface area contributed by atoms with Gasteiger partial charge in [-0.1, -0.05) is 44.2 Å². The number of hydrogen-bond donors (Lipinski definition) is 1. The fraction of sp³-hybridized carbons (Fsp3) is 0.600. The van der Waals surface area contributed by atoms with Crippen LogP contribution in [0.5, 0.6) is 0 Å². The Balaban J connectivity index is 2.47. The molecule has 4 nitrogen and oxygen atoms in total. The molecule has 0 amide bonds. The predicted molar refractivity (Wildman–Crippen MR) is 77.9 cm³/mol. The van der Waals surface area contributed by atoms with Crippen LogP contribution in [-0.4, -0.2) is 24.1 Å². The molecular formula is C15H24N2O2. The van der Waals surface area contributed by atoms with Crippen molar-refractivity contribution in [1.82, 2.24) is 5.32 Å². The van der Waals surface area contributed by atoms with Gasteiger partial charge in [-0.2, -0.15) is 0 Å². The smallest absolute Gasteiger partial charge is 0.217 e. The number of hydrogen-bond acceptors (Lipinski definition) is 3. The van der Waals surface area contributed by atoms with Crippen molar-refractivity contribution < 1.29 is 4.92 Å². The maximum Gasteiger partial charge on any atom is 0.217 e. The molecule has 1 rings (SSSR count). The molecule has 1 aromatic rings. The highest BCUT2D eigenvalue weighted by Crippen LogP contribution is 2.13. The Labute approximate surface area is 115 Å². The predicted octanol–water partition coefficient (Wildman–Crippen LogP) is 2.90. The third-order valence-corrected chi connectivity index (χ3v) is 3.21. The highest BCUT2D eigenvalue weighted by Gasteiger charge is 2.23. The number of benzene rings is 1. The first-order valence-corrected chi connectivity index (χ1v) is 7.01. The molecule has 0 aromatic heterocycles. The Morgan fingerprint density at radius 3 is 2.58 bits per heavy atom. The van der Waals surface area contributed by atoms with Crippen LogP contribution in [-0.2, 0) is 6.42 Å². The van der Waals surface area contributed by atoms with Gasteiger partial charge in [-0.15, -0.1) is 0 Å². The molecule has 0 aliphatic carbocycles. The van der Waals surface area contributed by atoms with Crippen LogP contribution in [0, 0.1) is 16.0 Å². The summed E-state index contributed by atoms with van der Waals surface area (Å²) in [5, 5.41) is 14.5. The third kappa shape index (κ3) is 6.34. The van der Waals surface area contributed by atoms with Gasteiger partial charge in [-0.3, -0.25) is 10.1 Å². The minimum Gasteiger partial charge on any atom is -0.316 e. The summed E-state index contributed by atoms with van der Waals surface area (Å²) < 4.78 is 0. The van der Waals surface area contributed by atoms with Gasteiger partial charge < -0.3 is 5.32 Å². The second-order valence-corrected chi connectivity index (χ2v) is 5.17. The van der Waals surface area contributed by atoms with Crippen molar-refractivity contribution in [2.45, 2.75) is 39.2 Å². The number of nitro groups is 1. The van der Waals surface area contributed by atoms with Gasteiger partial charge in [0, 0.05) is 17.8 Å². The van der Waals surface area contributed by atoms with Crippen molar-refractivity contribution >= 4 is 0 Å². The quantitative estimate of drug-likeness (QED) is 0.424. The molecule has 0 saturated heterocycles. The first-order chi connectivity index (χ1) is 9.13. The molecule has 1 N–H and O–H groups in total. The van der Waals surface area contributed by atoms with Gasteiger partial charge in [-0.05, 0) is 31.0 Å². The summed E-state index contributed by atoms with van der Waals surface area (Å²) >= 11 is 0. The molecule has 2 atom stereocenters. The Morgan fingerprint density at radius 1 is 1.32 bits per heavy atom. The van der Waals surface area contributed by atoms with E-state index < -0.39 is 6.04 Å². The zero-order chi connectivity index (χ0) is 14.1. The van der Waals surface area contributed by atoms with E-state index in [1.165, 1.54) is 0 Å². The average molecular weight is 264 g/mol. The van der Waals surface area contributed by atoms with Gasteiger partial charge in [0.2, 0.25) is 6.04 Å². The van der Waals surface area contributed by atoms with Gasteiger partial charge in [0.1, 0.15) is 0 Å². The van der Waals surface area contributed by atoms with Gasteiger partial charge in [-0.25, -0.2) is 0 Å². The standard InChI is InChI=1S/C15H24N2O2/c1-3-9-16-12-13(2)10-15(17(18)19)11-14-7-5-4-6-8-14/h4-8,13,15-16H,3,9-12H2,1-2H3. The van der Waals surface area contributed by atoms with Gasteiger partial charge in [0.15, 0.2) is 0 Å². The number of nitrogens with one attached hydrogen (secondary N) is 1. The molecule has 0 radical (unpaired) electrons. The fourth-order valence-electron chi connectivity index (χ4n) is 2.20. The molecule has 19 heavy (non-hydrogen) atoms. The van der Waals surface area contributed by atoms with Crippen LogP contribution in [0.3, 0.4) is 0 Å². The summed E-state index contributed by atoms with van der Waals surface area (Å²) in [6.45, 7) is 6.02. The van der Waals surface area contributed by atoms with Crippen LogP contribution in [0.15, 0.2) is 30.3 Å². The lowest BCUT2D eigenvalue weighted by atomic mass is 9.96. The summed E-state index contributed by atoms with van der Waals surface area (Å²) in [4.78, 5) is 11.0. The minimum atomic E-state index is -0.485. The van der Waals surface area contributed by atoms with Crippen molar-refractivity contribution in [2.24, 2.45) is 5.92 Å². The zero-order valence-corrected chi connectivity index (χ0v) is 11.8. The molecule has 4 heteroatoms. The first kappa shape index (κ1) is 15.6. The molecule has 0 saturated carbocycles. The van der Waals surface area contributed by atoms with E-state index >= 15 is 0 Å².